The zero-order valence-electron chi connectivity index (χ0n) is 13.3. The molecule has 0 fully saturated rings. The molecule has 1 aromatic heterocycles. The number of hydrogen-bond donors (Lipinski definition) is 0. The highest BCUT2D eigenvalue weighted by atomic mass is 35.5. The van der Waals surface area contributed by atoms with Gasteiger partial charge in [-0.1, -0.05) is 23.7 Å². The van der Waals surface area contributed by atoms with E-state index >= 15 is 0 Å². The molecule has 4 rings (SSSR count). The summed E-state index contributed by atoms with van der Waals surface area (Å²) < 4.78 is 2.23. The molecule has 0 aliphatic carbocycles. The monoisotopic (exact) mass is 329 g/mol. The number of carbonyl (C=O) groups is 1. The highest BCUT2D eigenvalue weighted by Gasteiger charge is 2.31. The van der Waals surface area contributed by atoms with Crippen LogP contribution in [0.1, 0.15) is 29.1 Å². The van der Waals surface area contributed by atoms with E-state index in [0.717, 1.165) is 43.2 Å². The number of rotatable bonds is 1. The number of carbonyl (C=O) groups excluding carboxylic acids is 1. The van der Waals surface area contributed by atoms with Gasteiger partial charge < -0.3 is 9.47 Å². The van der Waals surface area contributed by atoms with Gasteiger partial charge in [-0.05, 0) is 37.0 Å². The number of aryl methyl sites for hydroxylation is 1. The summed E-state index contributed by atoms with van der Waals surface area (Å²) in [6.07, 6.45) is 4.48. The third kappa shape index (κ3) is 2.55. The van der Waals surface area contributed by atoms with Crippen LogP contribution >= 0.6 is 11.6 Å². The first kappa shape index (κ1) is 14.8. The summed E-state index contributed by atoms with van der Waals surface area (Å²) in [5, 5.41) is 0.826. The SMILES string of the molecule is Cc1ncc2n1CC[C@H](C(=O)N1CCc3c(Cl)cccc3C1)C2. The van der Waals surface area contributed by atoms with Crippen LogP contribution < -0.4 is 0 Å². The fourth-order valence-corrected chi connectivity index (χ4v) is 4.13. The van der Waals surface area contributed by atoms with E-state index in [1.165, 1.54) is 16.8 Å². The van der Waals surface area contributed by atoms with Crippen LogP contribution in [0.3, 0.4) is 0 Å². The molecule has 0 N–H and O–H groups in total. The van der Waals surface area contributed by atoms with E-state index < -0.39 is 0 Å². The first-order chi connectivity index (χ1) is 11.1. The Morgan fingerprint density at radius 3 is 3.09 bits per heavy atom. The van der Waals surface area contributed by atoms with Gasteiger partial charge in [0.15, 0.2) is 0 Å². The van der Waals surface area contributed by atoms with E-state index in [2.05, 4.69) is 15.6 Å². The van der Waals surface area contributed by atoms with Crippen molar-refractivity contribution in [1.82, 2.24) is 14.5 Å². The Hall–Kier alpha value is -1.81. The van der Waals surface area contributed by atoms with Gasteiger partial charge in [-0.15, -0.1) is 0 Å². The Balaban J connectivity index is 1.50. The Kier molecular flexibility index (Phi) is 3.64. The van der Waals surface area contributed by atoms with Crippen LogP contribution in [0.5, 0.6) is 0 Å². The second-order valence-corrected chi connectivity index (χ2v) is 6.93. The second kappa shape index (κ2) is 5.68. The van der Waals surface area contributed by atoms with Crippen molar-refractivity contribution in [1.29, 1.82) is 0 Å². The molecule has 5 heteroatoms. The van der Waals surface area contributed by atoms with Crippen molar-refractivity contribution in [2.75, 3.05) is 6.54 Å². The molecule has 1 amide bonds. The molecule has 0 unspecified atom stereocenters. The van der Waals surface area contributed by atoms with Crippen LogP contribution in [0.4, 0.5) is 0 Å². The van der Waals surface area contributed by atoms with Gasteiger partial charge in [-0.3, -0.25) is 4.79 Å². The molecule has 3 heterocycles. The van der Waals surface area contributed by atoms with Crippen LogP contribution in [-0.2, 0) is 30.7 Å². The lowest BCUT2D eigenvalue weighted by Crippen LogP contribution is -2.42. The molecule has 0 spiro atoms. The summed E-state index contributed by atoms with van der Waals surface area (Å²) in [4.78, 5) is 19.3. The predicted octanol–water partition coefficient (Wildman–Crippen LogP) is 2.99. The Labute approximate surface area is 141 Å². The summed E-state index contributed by atoms with van der Waals surface area (Å²) in [6.45, 7) is 4.37. The molecule has 2 aromatic rings. The lowest BCUT2D eigenvalue weighted by Gasteiger charge is -2.33. The number of fused-ring (bicyclic) bond motifs is 2. The normalized spacial score (nSPS) is 20.1. The first-order valence-electron chi connectivity index (χ1n) is 8.19. The van der Waals surface area contributed by atoms with Crippen molar-refractivity contribution < 1.29 is 4.79 Å². The number of benzene rings is 1. The molecular formula is C18H20ClN3O. The van der Waals surface area contributed by atoms with E-state index in [9.17, 15) is 4.79 Å². The van der Waals surface area contributed by atoms with Crippen LogP contribution in [0.2, 0.25) is 5.02 Å². The van der Waals surface area contributed by atoms with E-state index in [4.69, 9.17) is 11.6 Å². The van der Waals surface area contributed by atoms with Crippen LogP contribution in [-0.4, -0.2) is 26.9 Å². The molecule has 2 aliphatic heterocycles. The fraction of sp³-hybridized carbons (Fsp3) is 0.444. The molecule has 1 atom stereocenters. The third-order valence-electron chi connectivity index (χ3n) is 5.16. The fourth-order valence-electron chi connectivity index (χ4n) is 3.84. The topological polar surface area (TPSA) is 38.1 Å². The zero-order chi connectivity index (χ0) is 16.0. The Morgan fingerprint density at radius 2 is 2.22 bits per heavy atom. The highest BCUT2D eigenvalue weighted by Crippen LogP contribution is 2.29. The smallest absolute Gasteiger partial charge is 0.226 e. The Bertz CT molecular complexity index is 768. The number of halogens is 1. The molecule has 1 aromatic carbocycles. The average molecular weight is 330 g/mol. The molecule has 0 radical (unpaired) electrons. The number of amides is 1. The second-order valence-electron chi connectivity index (χ2n) is 6.53. The molecule has 23 heavy (non-hydrogen) atoms. The van der Waals surface area contributed by atoms with Gasteiger partial charge in [-0.25, -0.2) is 4.98 Å². The summed E-state index contributed by atoms with van der Waals surface area (Å²) in [7, 11) is 0. The molecule has 4 nitrogen and oxygen atoms in total. The van der Waals surface area contributed by atoms with Crippen molar-refractivity contribution in [3.8, 4) is 0 Å². The van der Waals surface area contributed by atoms with Gasteiger partial charge in [-0.2, -0.15) is 0 Å². The van der Waals surface area contributed by atoms with Crippen LogP contribution in [0.15, 0.2) is 24.4 Å². The molecule has 0 bridgehead atoms. The van der Waals surface area contributed by atoms with Crippen molar-refractivity contribution in [3.05, 3.63) is 52.1 Å². The predicted molar refractivity (Wildman–Crippen MR) is 89.3 cm³/mol. The molecule has 0 saturated heterocycles. The van der Waals surface area contributed by atoms with E-state index in [-0.39, 0.29) is 11.8 Å². The lowest BCUT2D eigenvalue weighted by molar-refractivity contribution is -0.137. The van der Waals surface area contributed by atoms with Gasteiger partial charge in [0.1, 0.15) is 5.82 Å². The minimum Gasteiger partial charge on any atom is -0.338 e. The van der Waals surface area contributed by atoms with Gasteiger partial charge in [0.05, 0.1) is 0 Å². The third-order valence-corrected chi connectivity index (χ3v) is 5.52. The summed E-state index contributed by atoms with van der Waals surface area (Å²) >= 11 is 6.26. The molecule has 120 valence electrons. The minimum atomic E-state index is 0.0827. The van der Waals surface area contributed by atoms with Gasteiger partial charge in [0.25, 0.3) is 0 Å². The Morgan fingerprint density at radius 1 is 1.35 bits per heavy atom. The number of hydrogen-bond acceptors (Lipinski definition) is 2. The van der Waals surface area contributed by atoms with Crippen molar-refractivity contribution >= 4 is 17.5 Å². The maximum Gasteiger partial charge on any atom is 0.226 e. The minimum absolute atomic E-state index is 0.0827. The van der Waals surface area contributed by atoms with Gasteiger partial charge in [0, 0.05) is 48.9 Å². The van der Waals surface area contributed by atoms with Gasteiger partial charge >= 0.3 is 0 Å². The van der Waals surface area contributed by atoms with E-state index in [1.54, 1.807) is 0 Å². The summed E-state index contributed by atoms with van der Waals surface area (Å²) in [6, 6.07) is 5.99. The average Bonchev–Trinajstić information content (AvgIpc) is 2.95. The zero-order valence-corrected chi connectivity index (χ0v) is 14.0. The highest BCUT2D eigenvalue weighted by molar-refractivity contribution is 6.31. The maximum absolute atomic E-state index is 12.9. The quantitative estimate of drug-likeness (QED) is 0.806. The maximum atomic E-state index is 12.9. The molecular weight excluding hydrogens is 310 g/mol. The number of nitrogens with zero attached hydrogens (tertiary/aromatic N) is 3. The number of imidazole rings is 1. The van der Waals surface area contributed by atoms with E-state index in [0.29, 0.717) is 6.54 Å². The first-order valence-corrected chi connectivity index (χ1v) is 8.57. The van der Waals surface area contributed by atoms with Gasteiger partial charge in [0.2, 0.25) is 5.91 Å². The van der Waals surface area contributed by atoms with Crippen LogP contribution in [0.25, 0.3) is 0 Å². The van der Waals surface area contributed by atoms with Crippen molar-refractivity contribution in [2.45, 2.75) is 39.3 Å². The van der Waals surface area contributed by atoms with Crippen molar-refractivity contribution in [3.63, 3.8) is 0 Å². The largest absolute Gasteiger partial charge is 0.338 e. The molecule has 0 saturated carbocycles. The molecule has 2 aliphatic rings. The van der Waals surface area contributed by atoms with E-state index in [1.807, 2.05) is 30.2 Å². The number of aromatic nitrogens is 2. The van der Waals surface area contributed by atoms with Crippen molar-refractivity contribution in [2.24, 2.45) is 5.92 Å². The van der Waals surface area contributed by atoms with Crippen LogP contribution in [0, 0.1) is 12.8 Å². The summed E-state index contributed by atoms with van der Waals surface area (Å²) in [5.41, 5.74) is 3.58. The lowest BCUT2D eigenvalue weighted by atomic mass is 9.92. The summed E-state index contributed by atoms with van der Waals surface area (Å²) in [5.74, 6) is 1.41. The standard InChI is InChI=1S/C18H20ClN3O/c1-12-20-10-15-9-13(5-8-22(12)15)18(23)21-7-6-16-14(11-21)3-2-4-17(16)19/h2-4,10,13H,5-9,11H2,1H3/t13-/m0/s1.